The van der Waals surface area contributed by atoms with Crippen molar-refractivity contribution in [2.24, 2.45) is 13.0 Å². The standard InChI is InChI=1S/C21H30N4OS/c1-13(2)15-6-8-16(9-7-15)19(14(3)4)22-18(26)12-27-21-24-23-20(25(21)5)17-10-11-17/h6-9,13-14,17,19H,10-12H2,1-5H3,(H,22,26). The van der Waals surface area contributed by atoms with Crippen LogP contribution in [0.3, 0.4) is 0 Å². The van der Waals surface area contributed by atoms with Crippen LogP contribution in [0.1, 0.15) is 75.4 Å². The highest BCUT2D eigenvalue weighted by Gasteiger charge is 2.29. The van der Waals surface area contributed by atoms with Gasteiger partial charge in [-0.15, -0.1) is 10.2 Å². The van der Waals surface area contributed by atoms with Crippen molar-refractivity contribution in [2.45, 2.75) is 63.6 Å². The second-order valence-electron chi connectivity index (χ2n) is 8.07. The van der Waals surface area contributed by atoms with Crippen molar-refractivity contribution >= 4 is 17.7 Å². The summed E-state index contributed by atoms with van der Waals surface area (Å²) in [5, 5.41) is 12.5. The van der Waals surface area contributed by atoms with E-state index in [1.54, 1.807) is 0 Å². The van der Waals surface area contributed by atoms with E-state index in [1.807, 2.05) is 11.6 Å². The molecule has 1 aliphatic rings. The van der Waals surface area contributed by atoms with Gasteiger partial charge in [-0.25, -0.2) is 0 Å². The summed E-state index contributed by atoms with van der Waals surface area (Å²) in [7, 11) is 1.99. The predicted octanol–water partition coefficient (Wildman–Crippen LogP) is 4.42. The van der Waals surface area contributed by atoms with E-state index in [0.717, 1.165) is 16.5 Å². The number of nitrogens with zero attached hydrogens (tertiary/aromatic N) is 3. The van der Waals surface area contributed by atoms with Crippen molar-refractivity contribution in [3.8, 4) is 0 Å². The summed E-state index contributed by atoms with van der Waals surface area (Å²) in [6, 6.07) is 8.61. The Kier molecular flexibility index (Phi) is 6.25. The number of hydrogen-bond donors (Lipinski definition) is 1. The molecule has 1 aromatic heterocycles. The molecule has 0 radical (unpaired) electrons. The molecule has 0 spiro atoms. The fraction of sp³-hybridized carbons (Fsp3) is 0.571. The minimum atomic E-state index is 0.0147. The number of hydrogen-bond acceptors (Lipinski definition) is 4. The molecular weight excluding hydrogens is 356 g/mol. The van der Waals surface area contributed by atoms with Gasteiger partial charge in [0.15, 0.2) is 5.16 Å². The van der Waals surface area contributed by atoms with Crippen LogP contribution in [0.4, 0.5) is 0 Å². The maximum absolute atomic E-state index is 12.6. The Morgan fingerprint density at radius 3 is 2.33 bits per heavy atom. The second-order valence-corrected chi connectivity index (χ2v) is 9.02. The van der Waals surface area contributed by atoms with Crippen LogP contribution in [0.2, 0.25) is 0 Å². The number of carbonyl (C=O) groups excluding carboxylic acids is 1. The zero-order valence-electron chi connectivity index (χ0n) is 16.9. The minimum Gasteiger partial charge on any atom is -0.348 e. The Balaban J connectivity index is 1.60. The first-order valence-corrected chi connectivity index (χ1v) is 10.8. The topological polar surface area (TPSA) is 59.8 Å². The molecule has 1 heterocycles. The van der Waals surface area contributed by atoms with Gasteiger partial charge in [0.1, 0.15) is 5.82 Å². The Morgan fingerprint density at radius 1 is 1.15 bits per heavy atom. The van der Waals surface area contributed by atoms with Gasteiger partial charge in [-0.1, -0.05) is 63.7 Å². The highest BCUT2D eigenvalue weighted by molar-refractivity contribution is 7.99. The van der Waals surface area contributed by atoms with Crippen LogP contribution in [0, 0.1) is 5.92 Å². The monoisotopic (exact) mass is 386 g/mol. The molecular formula is C21H30N4OS. The van der Waals surface area contributed by atoms with Gasteiger partial charge in [-0.05, 0) is 35.8 Å². The van der Waals surface area contributed by atoms with Crippen molar-refractivity contribution < 1.29 is 4.79 Å². The van der Waals surface area contributed by atoms with Crippen LogP contribution >= 0.6 is 11.8 Å². The lowest BCUT2D eigenvalue weighted by Gasteiger charge is -2.23. The number of rotatable bonds is 8. The maximum Gasteiger partial charge on any atom is 0.230 e. The van der Waals surface area contributed by atoms with Crippen LogP contribution in [0.15, 0.2) is 29.4 Å². The van der Waals surface area contributed by atoms with Crippen LogP contribution in [-0.2, 0) is 11.8 Å². The smallest absolute Gasteiger partial charge is 0.230 e. The van der Waals surface area contributed by atoms with Gasteiger partial charge in [-0.2, -0.15) is 0 Å². The van der Waals surface area contributed by atoms with E-state index in [2.05, 4.69) is 67.5 Å². The highest BCUT2D eigenvalue weighted by Crippen LogP contribution is 2.39. The summed E-state index contributed by atoms with van der Waals surface area (Å²) >= 11 is 1.45. The van der Waals surface area contributed by atoms with E-state index >= 15 is 0 Å². The number of thioether (sulfide) groups is 1. The summed E-state index contributed by atoms with van der Waals surface area (Å²) in [5.74, 6) is 2.81. The van der Waals surface area contributed by atoms with Gasteiger partial charge in [0.05, 0.1) is 11.8 Å². The summed E-state index contributed by atoms with van der Waals surface area (Å²) in [4.78, 5) is 12.6. The third kappa shape index (κ3) is 4.92. The molecule has 1 atom stereocenters. The van der Waals surface area contributed by atoms with Gasteiger partial charge < -0.3 is 9.88 Å². The molecule has 1 amide bonds. The van der Waals surface area contributed by atoms with Crippen LogP contribution < -0.4 is 5.32 Å². The second kappa shape index (κ2) is 8.46. The lowest BCUT2D eigenvalue weighted by atomic mass is 9.93. The van der Waals surface area contributed by atoms with E-state index < -0.39 is 0 Å². The fourth-order valence-electron chi connectivity index (χ4n) is 3.22. The van der Waals surface area contributed by atoms with Crippen LogP contribution in [-0.4, -0.2) is 26.4 Å². The van der Waals surface area contributed by atoms with Gasteiger partial charge in [0.2, 0.25) is 5.91 Å². The van der Waals surface area contributed by atoms with Gasteiger partial charge in [-0.3, -0.25) is 4.79 Å². The largest absolute Gasteiger partial charge is 0.348 e. The number of aromatic nitrogens is 3. The molecule has 0 saturated heterocycles. The molecule has 1 unspecified atom stereocenters. The van der Waals surface area contributed by atoms with E-state index in [4.69, 9.17) is 0 Å². The van der Waals surface area contributed by atoms with Gasteiger partial charge in [0.25, 0.3) is 0 Å². The molecule has 5 nitrogen and oxygen atoms in total. The SMILES string of the molecule is CC(C)c1ccc(C(NC(=O)CSc2nnc(C3CC3)n2C)C(C)C)cc1. The fourth-order valence-corrected chi connectivity index (χ4v) is 3.95. The Bertz CT molecular complexity index is 778. The van der Waals surface area contributed by atoms with Crippen molar-refractivity contribution in [3.63, 3.8) is 0 Å². The zero-order valence-corrected chi connectivity index (χ0v) is 17.7. The first kappa shape index (κ1) is 19.9. The van der Waals surface area contributed by atoms with Crippen LogP contribution in [0.25, 0.3) is 0 Å². The quantitative estimate of drug-likeness (QED) is 0.682. The first-order valence-electron chi connectivity index (χ1n) is 9.78. The lowest BCUT2D eigenvalue weighted by Crippen LogP contribution is -2.33. The highest BCUT2D eigenvalue weighted by atomic mass is 32.2. The lowest BCUT2D eigenvalue weighted by molar-refractivity contribution is -0.119. The number of benzene rings is 1. The number of carbonyl (C=O) groups is 1. The predicted molar refractivity (Wildman–Crippen MR) is 110 cm³/mol. The third-order valence-corrected chi connectivity index (χ3v) is 6.11. The van der Waals surface area contributed by atoms with E-state index in [1.165, 1.54) is 30.2 Å². The molecule has 0 bridgehead atoms. The average molecular weight is 387 g/mol. The Morgan fingerprint density at radius 2 is 1.78 bits per heavy atom. The van der Waals surface area contributed by atoms with Crippen molar-refractivity contribution in [1.82, 2.24) is 20.1 Å². The molecule has 27 heavy (non-hydrogen) atoms. The molecule has 6 heteroatoms. The molecule has 1 fully saturated rings. The van der Waals surface area contributed by atoms with Gasteiger partial charge >= 0.3 is 0 Å². The number of nitrogens with one attached hydrogen (secondary N) is 1. The average Bonchev–Trinajstić information content (AvgIpc) is 3.41. The molecule has 146 valence electrons. The van der Waals surface area contributed by atoms with E-state index in [-0.39, 0.29) is 11.9 Å². The molecule has 0 aliphatic heterocycles. The van der Waals surface area contributed by atoms with E-state index in [9.17, 15) is 4.79 Å². The molecule has 1 aliphatic carbocycles. The number of amides is 1. The molecule has 1 N–H and O–H groups in total. The van der Waals surface area contributed by atoms with Gasteiger partial charge in [0, 0.05) is 13.0 Å². The normalized spacial score (nSPS) is 15.4. The Hall–Kier alpha value is -1.82. The molecule has 1 aromatic carbocycles. The van der Waals surface area contributed by atoms with Crippen molar-refractivity contribution in [3.05, 3.63) is 41.2 Å². The minimum absolute atomic E-state index is 0.0147. The molecule has 2 aromatic rings. The summed E-state index contributed by atoms with van der Waals surface area (Å²) < 4.78 is 2.03. The zero-order chi connectivity index (χ0) is 19.6. The van der Waals surface area contributed by atoms with E-state index in [0.29, 0.717) is 23.5 Å². The van der Waals surface area contributed by atoms with Crippen molar-refractivity contribution in [1.29, 1.82) is 0 Å². The summed E-state index contributed by atoms with van der Waals surface area (Å²) in [6.07, 6.45) is 2.39. The summed E-state index contributed by atoms with van der Waals surface area (Å²) in [6.45, 7) is 8.65. The third-order valence-electron chi connectivity index (χ3n) is 5.09. The molecule has 3 rings (SSSR count). The van der Waals surface area contributed by atoms with Crippen molar-refractivity contribution in [2.75, 3.05) is 5.75 Å². The Labute approximate surface area is 166 Å². The van der Waals surface area contributed by atoms with Crippen LogP contribution in [0.5, 0.6) is 0 Å². The first-order chi connectivity index (χ1) is 12.9. The molecule has 1 saturated carbocycles. The summed E-state index contributed by atoms with van der Waals surface area (Å²) in [5.41, 5.74) is 2.47. The maximum atomic E-state index is 12.6.